The summed E-state index contributed by atoms with van der Waals surface area (Å²) in [5.41, 5.74) is 0.207. The number of benzene rings is 4. The summed E-state index contributed by atoms with van der Waals surface area (Å²) in [6.45, 7) is 9.83. The minimum atomic E-state index is -4.32. The number of hydrogen-bond donors (Lipinski definition) is 2. The van der Waals surface area contributed by atoms with Crippen molar-refractivity contribution in [2.24, 2.45) is 0 Å². The highest BCUT2D eigenvalue weighted by molar-refractivity contribution is 14.1. The quantitative estimate of drug-likeness (QED) is 0.0759. The Kier molecular flexibility index (Phi) is 15.2. The zero-order chi connectivity index (χ0) is 55.8. The van der Waals surface area contributed by atoms with E-state index in [1.165, 1.54) is 36.4 Å². The van der Waals surface area contributed by atoms with Crippen molar-refractivity contribution in [3.05, 3.63) is 58.2 Å². The molecule has 0 radical (unpaired) electrons. The summed E-state index contributed by atoms with van der Waals surface area (Å²) in [4.78, 5) is 32.8. The number of halogens is 1. The van der Waals surface area contributed by atoms with Crippen LogP contribution in [0.3, 0.4) is 0 Å². The third-order valence-corrected chi connectivity index (χ3v) is 25.6. The fraction of sp³-hybridized carbons (Fsp3) is 0.360. The predicted molar refractivity (Wildman–Crippen MR) is 303 cm³/mol. The molecule has 8 bridgehead atoms. The molecule has 0 spiro atoms. The average Bonchev–Trinajstić information content (AvgIpc) is 4.10. The van der Waals surface area contributed by atoms with Gasteiger partial charge >= 0.3 is 0 Å². The highest BCUT2D eigenvalue weighted by Crippen LogP contribution is 2.43. The molecule has 9 rings (SSSR count). The number of nitrogens with one attached hydrogen (secondary N) is 2. The second-order valence-corrected chi connectivity index (χ2v) is 32.5. The molecule has 408 valence electrons. The lowest BCUT2D eigenvalue weighted by molar-refractivity contribution is 0.581. The topological polar surface area (TPSA) is 314 Å². The van der Waals surface area contributed by atoms with Gasteiger partial charge in [0.05, 0.1) is 63.9 Å². The first-order valence-corrected chi connectivity index (χ1v) is 35.8. The van der Waals surface area contributed by atoms with E-state index in [-0.39, 0.29) is 129 Å². The van der Waals surface area contributed by atoms with Gasteiger partial charge in [0.2, 0.25) is 0 Å². The second-order valence-electron chi connectivity index (χ2n) is 18.7. The molecule has 27 heteroatoms. The summed E-state index contributed by atoms with van der Waals surface area (Å²) < 4.78 is 170. The molecule has 2 aliphatic heterocycles. The summed E-state index contributed by atoms with van der Waals surface area (Å²) in [6, 6.07) is 12.5. The van der Waals surface area contributed by atoms with E-state index >= 15 is 0 Å². The fourth-order valence-electron chi connectivity index (χ4n) is 9.51. The largest absolute Gasteiger partial charge is 0.324 e. The molecule has 0 atom stereocenters. The summed E-state index contributed by atoms with van der Waals surface area (Å²) >= 11 is 2.11. The Labute approximate surface area is 460 Å². The van der Waals surface area contributed by atoms with E-state index in [9.17, 15) is 50.5 Å². The number of nitrogens with zero attached hydrogens (tertiary/aromatic N) is 6. The van der Waals surface area contributed by atoms with Crippen molar-refractivity contribution in [2.45, 2.75) is 109 Å². The van der Waals surface area contributed by atoms with Crippen LogP contribution in [0, 0.1) is 3.57 Å². The van der Waals surface area contributed by atoms with Crippen LogP contribution in [0.25, 0.3) is 89.7 Å². The fourth-order valence-corrected chi connectivity index (χ4v) is 20.8. The third-order valence-electron chi connectivity index (χ3n) is 12.8. The Morgan fingerprint density at radius 3 is 0.818 bits per heavy atom. The molecule has 2 aliphatic rings. The van der Waals surface area contributed by atoms with Gasteiger partial charge in [-0.05, 0) is 116 Å². The SMILES string of the molecule is CCCS(=O)(=O)c1cc2c(cc1S(=O)(=O)CCC)-c1nc-2nc2[nH]c(nc3nc(nc4[nH]c(n1)c1cc(S(=O)(=O)CCC)c(S(=O)(=O)CCC)cc41)-c1cc(S(=O)(=O)CCC)c(S(=O)(=O)CCC)cc1-3)c1cc(I)ccc21. The maximum Gasteiger partial charge on any atom is 0.179 e. The van der Waals surface area contributed by atoms with Crippen LogP contribution < -0.4 is 0 Å². The highest BCUT2D eigenvalue weighted by atomic mass is 127. The Morgan fingerprint density at radius 2 is 0.558 bits per heavy atom. The van der Waals surface area contributed by atoms with Crippen LogP contribution >= 0.6 is 22.6 Å². The van der Waals surface area contributed by atoms with Crippen LogP contribution in [0.1, 0.15) is 80.1 Å². The number of H-pyrrole nitrogens is 2. The maximum atomic E-state index is 14.2. The molecule has 3 aromatic heterocycles. The van der Waals surface area contributed by atoms with E-state index in [2.05, 4.69) is 32.6 Å². The van der Waals surface area contributed by atoms with Crippen molar-refractivity contribution in [3.63, 3.8) is 0 Å². The van der Waals surface area contributed by atoms with E-state index in [1.807, 2.05) is 0 Å². The standard InChI is InChI=1S/C50H53IN8O12S6/c1-7-15-72(60,61)37-22-31-32(23-38(37)73(62,63)16-8-2)47-55-45(31)53-43-29-14-13-28(51)21-30(29)44(52-43)54-46-33-24-39(74(64,65)17-9-3)40(75(66,67)18-10-4)25-34(33)48(56-46)58-50-36-27-42(77(70,71)20-12-6)41(76(68,69)19-11-5)26-35(36)49(57-47)59-50/h13-14,21-27H,7-12,15-20H2,1-6H3,(H2,52,53,54,55,56,57,58,59). The number of fused-ring (bicyclic) bond motifs is 20. The smallest absolute Gasteiger partial charge is 0.179 e. The number of hydrogen-bond acceptors (Lipinski definition) is 18. The van der Waals surface area contributed by atoms with Crippen molar-refractivity contribution in [1.82, 2.24) is 39.9 Å². The maximum absolute atomic E-state index is 14.2. The molecule has 0 amide bonds. The van der Waals surface area contributed by atoms with Gasteiger partial charge in [-0.2, -0.15) is 0 Å². The first-order chi connectivity index (χ1) is 36.2. The lowest BCUT2D eigenvalue weighted by atomic mass is 10.1. The molecule has 0 saturated heterocycles. The average molecular weight is 1280 g/mol. The van der Waals surface area contributed by atoms with Crippen molar-refractivity contribution in [1.29, 1.82) is 0 Å². The van der Waals surface area contributed by atoms with E-state index in [0.29, 0.717) is 10.8 Å². The van der Waals surface area contributed by atoms with E-state index in [4.69, 9.17) is 29.9 Å². The summed E-state index contributed by atoms with van der Waals surface area (Å²) in [7, 11) is -25.7. The van der Waals surface area contributed by atoms with Crippen LogP contribution in [0.4, 0.5) is 0 Å². The molecule has 77 heavy (non-hydrogen) atoms. The Hall–Kier alpha value is -5.33. The molecule has 0 unspecified atom stereocenters. The van der Waals surface area contributed by atoms with Gasteiger partial charge in [0, 0.05) is 47.4 Å². The van der Waals surface area contributed by atoms with Gasteiger partial charge in [-0.3, -0.25) is 0 Å². The zero-order valence-corrected chi connectivity index (χ0v) is 49.6. The minimum absolute atomic E-state index is 0.00268. The summed E-state index contributed by atoms with van der Waals surface area (Å²) in [6.07, 6.45) is 0.897. The third kappa shape index (κ3) is 10.3. The lowest BCUT2D eigenvalue weighted by Gasteiger charge is -2.13. The Bertz CT molecular complexity index is 4550. The van der Waals surface area contributed by atoms with Crippen LogP contribution in [-0.2, 0) is 59.0 Å². The normalized spacial score (nSPS) is 13.3. The Balaban J connectivity index is 1.55. The molecule has 0 aliphatic carbocycles. The molecule has 7 aromatic rings. The van der Waals surface area contributed by atoms with E-state index in [0.717, 1.165) is 3.57 Å². The number of aromatic amines is 2. The van der Waals surface area contributed by atoms with E-state index < -0.39 is 111 Å². The first kappa shape index (κ1) is 56.4. The van der Waals surface area contributed by atoms with Crippen molar-refractivity contribution in [3.8, 4) is 45.6 Å². The predicted octanol–water partition coefficient (Wildman–Crippen LogP) is 8.58. The van der Waals surface area contributed by atoms with Crippen LogP contribution in [-0.4, -0.2) is 125 Å². The molecule has 0 saturated carbocycles. The molecule has 0 fully saturated rings. The van der Waals surface area contributed by atoms with Crippen molar-refractivity contribution in [2.75, 3.05) is 34.5 Å². The van der Waals surface area contributed by atoms with Gasteiger partial charge in [-0.15, -0.1) is 0 Å². The molecule has 2 N–H and O–H groups in total. The zero-order valence-electron chi connectivity index (χ0n) is 42.6. The van der Waals surface area contributed by atoms with Gasteiger partial charge < -0.3 is 9.97 Å². The molecule has 5 heterocycles. The van der Waals surface area contributed by atoms with Crippen molar-refractivity contribution >= 4 is 126 Å². The molecule has 4 aromatic carbocycles. The monoisotopic (exact) mass is 1280 g/mol. The van der Waals surface area contributed by atoms with Gasteiger partial charge in [0.25, 0.3) is 0 Å². The minimum Gasteiger partial charge on any atom is -0.324 e. The van der Waals surface area contributed by atoms with Gasteiger partial charge in [-0.25, -0.2) is 80.4 Å². The number of rotatable bonds is 18. The second kappa shape index (κ2) is 20.7. The number of aromatic nitrogens is 8. The summed E-state index contributed by atoms with van der Waals surface area (Å²) in [5.74, 6) is -3.05. The van der Waals surface area contributed by atoms with Crippen LogP contribution in [0.15, 0.2) is 84.0 Å². The summed E-state index contributed by atoms with van der Waals surface area (Å²) in [5, 5.41) is 0.980. The number of sulfone groups is 6. The van der Waals surface area contributed by atoms with Crippen LogP contribution in [0.2, 0.25) is 0 Å². The van der Waals surface area contributed by atoms with E-state index in [1.54, 1.807) is 59.7 Å². The first-order valence-electron chi connectivity index (χ1n) is 24.8. The highest BCUT2D eigenvalue weighted by Gasteiger charge is 2.35. The lowest BCUT2D eigenvalue weighted by Crippen LogP contribution is -2.15. The Morgan fingerprint density at radius 1 is 0.325 bits per heavy atom. The van der Waals surface area contributed by atoms with Gasteiger partial charge in [0.1, 0.15) is 22.6 Å². The van der Waals surface area contributed by atoms with Crippen molar-refractivity contribution < 1.29 is 50.5 Å². The van der Waals surface area contributed by atoms with Crippen LogP contribution in [0.5, 0.6) is 0 Å². The molecular formula is C50H53IN8O12S6. The molecular weight excluding hydrogens is 1220 g/mol. The van der Waals surface area contributed by atoms with Gasteiger partial charge in [-0.1, -0.05) is 41.5 Å². The van der Waals surface area contributed by atoms with Gasteiger partial charge in [0.15, 0.2) is 82.3 Å². The molecule has 20 nitrogen and oxygen atoms in total.